The van der Waals surface area contributed by atoms with Crippen LogP contribution in [0.2, 0.25) is 0 Å². The molecule has 7 rings (SSSR count). The second kappa shape index (κ2) is 9.75. The van der Waals surface area contributed by atoms with Gasteiger partial charge in [-0.15, -0.1) is 0 Å². The SMILES string of the molecule is NCc1ccc(-c2cccc3oc4ccc(-c5ccccc5-c5ccc(-c6ccccc6)cc5)cc4c23)cc1. The van der Waals surface area contributed by atoms with E-state index in [9.17, 15) is 0 Å². The fraction of sp³-hybridized carbons (Fsp3) is 0.0270. The molecule has 0 radical (unpaired) electrons. The van der Waals surface area contributed by atoms with Crippen LogP contribution < -0.4 is 5.73 Å². The minimum atomic E-state index is 0.539. The third kappa shape index (κ3) is 4.21. The summed E-state index contributed by atoms with van der Waals surface area (Å²) in [6, 6.07) is 49.3. The van der Waals surface area contributed by atoms with E-state index in [2.05, 4.69) is 140 Å². The Kier molecular flexibility index (Phi) is 5.81. The van der Waals surface area contributed by atoms with Crippen LogP contribution in [-0.4, -0.2) is 0 Å². The van der Waals surface area contributed by atoms with Gasteiger partial charge in [0, 0.05) is 17.3 Å². The van der Waals surface area contributed by atoms with Crippen molar-refractivity contribution in [2.75, 3.05) is 0 Å². The average Bonchev–Trinajstić information content (AvgIpc) is 3.40. The monoisotopic (exact) mass is 501 g/mol. The van der Waals surface area contributed by atoms with E-state index in [1.165, 1.54) is 33.4 Å². The van der Waals surface area contributed by atoms with Gasteiger partial charge in [-0.05, 0) is 68.3 Å². The molecule has 0 aliphatic carbocycles. The molecule has 2 heteroatoms. The quantitative estimate of drug-likeness (QED) is 0.255. The molecule has 1 heterocycles. The summed E-state index contributed by atoms with van der Waals surface area (Å²) in [5.41, 5.74) is 18.3. The van der Waals surface area contributed by atoms with Crippen LogP contribution in [0, 0.1) is 0 Å². The normalized spacial score (nSPS) is 11.3. The first-order valence-electron chi connectivity index (χ1n) is 13.3. The Hall–Kier alpha value is -4.92. The van der Waals surface area contributed by atoms with Crippen molar-refractivity contribution in [3.63, 3.8) is 0 Å². The van der Waals surface area contributed by atoms with E-state index in [1.54, 1.807) is 0 Å². The second-order valence-corrected chi connectivity index (χ2v) is 9.88. The van der Waals surface area contributed by atoms with Crippen LogP contribution in [-0.2, 0) is 6.54 Å². The molecule has 186 valence electrons. The van der Waals surface area contributed by atoms with Crippen LogP contribution in [0.5, 0.6) is 0 Å². The first-order valence-corrected chi connectivity index (χ1v) is 13.3. The Bertz CT molecular complexity index is 1910. The van der Waals surface area contributed by atoms with Gasteiger partial charge in [-0.3, -0.25) is 0 Å². The number of nitrogens with two attached hydrogens (primary N) is 1. The maximum atomic E-state index is 6.30. The summed E-state index contributed by atoms with van der Waals surface area (Å²) < 4.78 is 6.30. The van der Waals surface area contributed by atoms with Gasteiger partial charge < -0.3 is 10.2 Å². The molecule has 0 saturated heterocycles. The highest BCUT2D eigenvalue weighted by Crippen LogP contribution is 2.40. The third-order valence-corrected chi connectivity index (χ3v) is 7.54. The lowest BCUT2D eigenvalue weighted by molar-refractivity contribution is 0.669. The molecule has 0 fully saturated rings. The fourth-order valence-corrected chi connectivity index (χ4v) is 5.51. The van der Waals surface area contributed by atoms with E-state index < -0.39 is 0 Å². The Labute approximate surface area is 228 Å². The van der Waals surface area contributed by atoms with Gasteiger partial charge >= 0.3 is 0 Å². The smallest absolute Gasteiger partial charge is 0.136 e. The van der Waals surface area contributed by atoms with Gasteiger partial charge in [-0.25, -0.2) is 0 Å². The summed E-state index contributed by atoms with van der Waals surface area (Å²) in [5, 5.41) is 2.26. The minimum absolute atomic E-state index is 0.539. The third-order valence-electron chi connectivity index (χ3n) is 7.54. The molecule has 0 saturated carbocycles. The molecule has 6 aromatic carbocycles. The lowest BCUT2D eigenvalue weighted by Crippen LogP contribution is -1.95. The number of rotatable bonds is 5. The molecule has 0 aliphatic rings. The van der Waals surface area contributed by atoms with Crippen LogP contribution in [0.15, 0.2) is 144 Å². The predicted molar refractivity (Wildman–Crippen MR) is 163 cm³/mol. The van der Waals surface area contributed by atoms with Gasteiger partial charge in [0.05, 0.1) is 0 Å². The van der Waals surface area contributed by atoms with E-state index in [0.717, 1.165) is 38.6 Å². The van der Waals surface area contributed by atoms with Crippen molar-refractivity contribution in [1.82, 2.24) is 0 Å². The molecule has 1 aromatic heterocycles. The van der Waals surface area contributed by atoms with Crippen LogP contribution in [0.3, 0.4) is 0 Å². The van der Waals surface area contributed by atoms with Crippen molar-refractivity contribution in [2.24, 2.45) is 5.73 Å². The molecule has 0 aliphatic heterocycles. The Morgan fingerprint density at radius 2 is 1.00 bits per heavy atom. The zero-order valence-electron chi connectivity index (χ0n) is 21.5. The van der Waals surface area contributed by atoms with E-state index in [-0.39, 0.29) is 0 Å². The maximum Gasteiger partial charge on any atom is 0.136 e. The zero-order valence-corrected chi connectivity index (χ0v) is 21.5. The minimum Gasteiger partial charge on any atom is -0.456 e. The van der Waals surface area contributed by atoms with Crippen molar-refractivity contribution in [2.45, 2.75) is 6.54 Å². The standard InChI is InChI=1S/C37H27NO/c38-24-25-13-15-29(16-14-25)33-11-6-12-36-37(33)34-23-30(21-22-35(34)39-36)32-10-5-4-9-31(32)28-19-17-27(18-20-28)26-7-2-1-3-8-26/h1-23H,24,38H2. The highest BCUT2D eigenvalue weighted by molar-refractivity contribution is 6.13. The lowest BCUT2D eigenvalue weighted by atomic mass is 9.92. The zero-order chi connectivity index (χ0) is 26.2. The van der Waals surface area contributed by atoms with Gasteiger partial charge in [0.2, 0.25) is 0 Å². The Morgan fingerprint density at radius 1 is 0.436 bits per heavy atom. The average molecular weight is 502 g/mol. The number of benzene rings is 6. The van der Waals surface area contributed by atoms with E-state index in [1.807, 2.05) is 0 Å². The number of furan rings is 1. The molecular formula is C37H27NO. The molecule has 2 nitrogen and oxygen atoms in total. The van der Waals surface area contributed by atoms with Crippen molar-refractivity contribution in [3.8, 4) is 44.5 Å². The predicted octanol–water partition coefficient (Wildman–Crippen LogP) is 9.71. The van der Waals surface area contributed by atoms with E-state index in [0.29, 0.717) is 6.54 Å². The number of fused-ring (bicyclic) bond motifs is 3. The summed E-state index contributed by atoms with van der Waals surface area (Å²) in [6.45, 7) is 0.539. The summed E-state index contributed by atoms with van der Waals surface area (Å²) in [7, 11) is 0. The van der Waals surface area contributed by atoms with Crippen LogP contribution in [0.1, 0.15) is 5.56 Å². The lowest BCUT2D eigenvalue weighted by Gasteiger charge is -2.12. The largest absolute Gasteiger partial charge is 0.456 e. The van der Waals surface area contributed by atoms with E-state index in [4.69, 9.17) is 10.2 Å². The summed E-state index contributed by atoms with van der Waals surface area (Å²) in [5.74, 6) is 0. The Morgan fingerprint density at radius 3 is 1.74 bits per heavy atom. The molecule has 0 bridgehead atoms. The summed E-state index contributed by atoms with van der Waals surface area (Å²) >= 11 is 0. The molecule has 7 aromatic rings. The molecular weight excluding hydrogens is 474 g/mol. The summed E-state index contributed by atoms with van der Waals surface area (Å²) in [6.07, 6.45) is 0. The van der Waals surface area contributed by atoms with Gasteiger partial charge in [0.25, 0.3) is 0 Å². The second-order valence-electron chi connectivity index (χ2n) is 9.88. The van der Waals surface area contributed by atoms with Crippen molar-refractivity contribution in [1.29, 1.82) is 0 Å². The Balaban J connectivity index is 1.34. The van der Waals surface area contributed by atoms with Crippen molar-refractivity contribution >= 4 is 21.9 Å². The number of hydrogen-bond donors (Lipinski definition) is 1. The van der Waals surface area contributed by atoms with Crippen LogP contribution in [0.4, 0.5) is 0 Å². The first-order chi connectivity index (χ1) is 19.3. The maximum absolute atomic E-state index is 6.30. The van der Waals surface area contributed by atoms with Crippen molar-refractivity contribution < 1.29 is 4.42 Å². The van der Waals surface area contributed by atoms with Gasteiger partial charge in [0.15, 0.2) is 0 Å². The highest BCUT2D eigenvalue weighted by atomic mass is 16.3. The molecule has 2 N–H and O–H groups in total. The molecule has 0 amide bonds. The number of hydrogen-bond acceptors (Lipinski definition) is 2. The van der Waals surface area contributed by atoms with Crippen LogP contribution >= 0.6 is 0 Å². The molecule has 0 spiro atoms. The molecule has 0 atom stereocenters. The topological polar surface area (TPSA) is 39.2 Å². The highest BCUT2D eigenvalue weighted by Gasteiger charge is 2.15. The summed E-state index contributed by atoms with van der Waals surface area (Å²) in [4.78, 5) is 0. The van der Waals surface area contributed by atoms with Crippen LogP contribution in [0.25, 0.3) is 66.4 Å². The van der Waals surface area contributed by atoms with Gasteiger partial charge in [0.1, 0.15) is 11.2 Å². The van der Waals surface area contributed by atoms with E-state index >= 15 is 0 Å². The van der Waals surface area contributed by atoms with Gasteiger partial charge in [-0.1, -0.05) is 121 Å². The van der Waals surface area contributed by atoms with Gasteiger partial charge in [-0.2, -0.15) is 0 Å². The molecule has 39 heavy (non-hydrogen) atoms. The first kappa shape index (κ1) is 23.2. The molecule has 0 unspecified atom stereocenters. The fourth-order valence-electron chi connectivity index (χ4n) is 5.51. The van der Waals surface area contributed by atoms with Crippen molar-refractivity contribution in [3.05, 3.63) is 145 Å².